The number of nitrogens with zero attached hydrogens (tertiary/aromatic N) is 1. The first-order valence-corrected chi connectivity index (χ1v) is 7.85. The zero-order valence-electron chi connectivity index (χ0n) is 12.6. The zero-order chi connectivity index (χ0) is 16.1. The Balaban J connectivity index is 2.47. The molecule has 0 radical (unpaired) electrons. The number of carbonyl (C=O) groups is 2. The third kappa shape index (κ3) is 3.51. The summed E-state index contributed by atoms with van der Waals surface area (Å²) in [5, 5.41) is 0.716. The monoisotopic (exact) mass is 318 g/mol. The second-order valence-electron chi connectivity index (χ2n) is 4.74. The maximum absolute atomic E-state index is 11.6. The first-order chi connectivity index (χ1) is 10.6. The topological polar surface area (TPSA) is 82.3 Å². The van der Waals surface area contributed by atoms with Gasteiger partial charge in [-0.25, -0.2) is 4.98 Å². The van der Waals surface area contributed by atoms with Gasteiger partial charge in [0, 0.05) is 22.4 Å². The van der Waals surface area contributed by atoms with E-state index in [4.69, 9.17) is 10.5 Å². The molecule has 0 bridgehead atoms. The van der Waals surface area contributed by atoms with Crippen LogP contribution in [0.25, 0.3) is 10.6 Å². The number of benzene rings is 1. The minimum Gasteiger partial charge on any atom is -0.494 e. The third-order valence-corrected chi connectivity index (χ3v) is 4.43. The van der Waals surface area contributed by atoms with E-state index >= 15 is 0 Å². The number of aryl methyl sites for hydroxylation is 2. The highest BCUT2D eigenvalue weighted by atomic mass is 32.1. The summed E-state index contributed by atoms with van der Waals surface area (Å²) in [6.45, 7) is 4.33. The Morgan fingerprint density at radius 2 is 2.23 bits per heavy atom. The van der Waals surface area contributed by atoms with Crippen molar-refractivity contribution < 1.29 is 14.3 Å². The number of hydrogen-bond acceptors (Lipinski definition) is 5. The second kappa shape index (κ2) is 7.17. The fourth-order valence-electron chi connectivity index (χ4n) is 2.14. The van der Waals surface area contributed by atoms with Gasteiger partial charge in [-0.15, -0.1) is 11.3 Å². The Hall–Kier alpha value is -2.21. The van der Waals surface area contributed by atoms with Crippen LogP contribution in [0.15, 0.2) is 18.2 Å². The van der Waals surface area contributed by atoms with Gasteiger partial charge in [0.05, 0.1) is 12.3 Å². The molecule has 0 saturated carbocycles. The van der Waals surface area contributed by atoms with E-state index in [0.717, 1.165) is 16.9 Å². The highest BCUT2D eigenvalue weighted by molar-refractivity contribution is 7.15. The lowest BCUT2D eigenvalue weighted by Crippen LogP contribution is -2.12. The van der Waals surface area contributed by atoms with Gasteiger partial charge in [-0.05, 0) is 38.5 Å². The number of thiazole rings is 1. The Kier molecular flexibility index (Phi) is 5.27. The summed E-state index contributed by atoms with van der Waals surface area (Å²) in [5.74, 6) is 0.171. The average Bonchev–Trinajstić information content (AvgIpc) is 2.86. The number of rotatable bonds is 7. The van der Waals surface area contributed by atoms with E-state index in [-0.39, 0.29) is 0 Å². The molecule has 2 aromatic rings. The molecule has 0 spiro atoms. The van der Waals surface area contributed by atoms with Gasteiger partial charge >= 0.3 is 0 Å². The summed E-state index contributed by atoms with van der Waals surface area (Å²) >= 11 is 1.48. The van der Waals surface area contributed by atoms with Crippen LogP contribution >= 0.6 is 11.3 Å². The maximum Gasteiger partial charge on any atom is 0.249 e. The number of hydrogen-bond donors (Lipinski definition) is 1. The number of aromatic nitrogens is 1. The molecule has 0 unspecified atom stereocenters. The van der Waals surface area contributed by atoms with Gasteiger partial charge in [0.25, 0.3) is 0 Å². The van der Waals surface area contributed by atoms with E-state index in [9.17, 15) is 9.59 Å². The predicted molar refractivity (Wildman–Crippen MR) is 86.4 cm³/mol. The third-order valence-electron chi connectivity index (χ3n) is 3.18. The second-order valence-corrected chi connectivity index (χ2v) is 5.82. The van der Waals surface area contributed by atoms with Crippen LogP contribution in [0, 0.1) is 6.92 Å². The number of aldehydes is 1. The van der Waals surface area contributed by atoms with Crippen LogP contribution < -0.4 is 10.5 Å². The van der Waals surface area contributed by atoms with E-state index in [1.54, 1.807) is 18.2 Å². The van der Waals surface area contributed by atoms with Gasteiger partial charge < -0.3 is 15.3 Å². The van der Waals surface area contributed by atoms with Crippen LogP contribution in [0.3, 0.4) is 0 Å². The summed E-state index contributed by atoms with van der Waals surface area (Å²) in [7, 11) is 0. The lowest BCUT2D eigenvalue weighted by molar-refractivity contribution is -0.107. The molecule has 0 atom stereocenters. The number of nitrogens with two attached hydrogens (primary N) is 1. The molecule has 1 aromatic heterocycles. The summed E-state index contributed by atoms with van der Waals surface area (Å²) < 4.78 is 5.48. The maximum atomic E-state index is 11.6. The van der Waals surface area contributed by atoms with Crippen LogP contribution in [0.4, 0.5) is 0 Å². The molecular formula is C16H18N2O3S. The van der Waals surface area contributed by atoms with Crippen molar-refractivity contribution in [3.63, 3.8) is 0 Å². The molecule has 5 nitrogen and oxygen atoms in total. The van der Waals surface area contributed by atoms with Crippen molar-refractivity contribution in [2.75, 3.05) is 6.61 Å². The van der Waals surface area contributed by atoms with Crippen molar-refractivity contribution >= 4 is 23.5 Å². The molecule has 22 heavy (non-hydrogen) atoms. The number of primary amides is 1. The summed E-state index contributed by atoms with van der Waals surface area (Å²) in [4.78, 5) is 27.7. The largest absolute Gasteiger partial charge is 0.494 e. The van der Waals surface area contributed by atoms with Crippen molar-refractivity contribution in [3.05, 3.63) is 34.3 Å². The molecule has 0 saturated heterocycles. The Bertz CT molecular complexity index is 695. The van der Waals surface area contributed by atoms with Crippen molar-refractivity contribution in [2.45, 2.75) is 26.7 Å². The summed E-state index contributed by atoms with van der Waals surface area (Å²) in [6.07, 6.45) is 2.01. The van der Waals surface area contributed by atoms with Crippen LogP contribution in [0.1, 0.15) is 34.3 Å². The molecule has 0 aliphatic carbocycles. The van der Waals surface area contributed by atoms with E-state index in [0.29, 0.717) is 41.3 Å². The van der Waals surface area contributed by atoms with Gasteiger partial charge in [-0.3, -0.25) is 4.79 Å². The normalized spacial score (nSPS) is 10.5. The average molecular weight is 318 g/mol. The smallest absolute Gasteiger partial charge is 0.249 e. The Morgan fingerprint density at radius 3 is 2.86 bits per heavy atom. The summed E-state index contributed by atoms with van der Waals surface area (Å²) in [5.41, 5.74) is 7.41. The van der Waals surface area contributed by atoms with Crippen molar-refractivity contribution in [3.8, 4) is 16.3 Å². The SMILES string of the molecule is CCOc1ccc(C(N)=O)c(-c2nc(C)c(CCC=O)s2)c1. The predicted octanol–water partition coefficient (Wildman–Crippen LogP) is 2.75. The van der Waals surface area contributed by atoms with Gasteiger partial charge in [-0.2, -0.15) is 0 Å². The van der Waals surface area contributed by atoms with Crippen LogP contribution in [-0.4, -0.2) is 23.8 Å². The van der Waals surface area contributed by atoms with Gasteiger partial charge in [0.1, 0.15) is 17.0 Å². The molecule has 6 heteroatoms. The van der Waals surface area contributed by atoms with Gasteiger partial charge in [0.15, 0.2) is 0 Å². The molecular weight excluding hydrogens is 300 g/mol. The molecule has 1 amide bonds. The van der Waals surface area contributed by atoms with E-state index in [1.165, 1.54) is 11.3 Å². The molecule has 0 fully saturated rings. The quantitative estimate of drug-likeness (QED) is 0.796. The van der Waals surface area contributed by atoms with Crippen molar-refractivity contribution in [2.24, 2.45) is 5.73 Å². The molecule has 0 aliphatic rings. The fourth-order valence-corrected chi connectivity index (χ4v) is 3.24. The van der Waals surface area contributed by atoms with Crippen LogP contribution in [-0.2, 0) is 11.2 Å². The minimum atomic E-state index is -0.500. The highest BCUT2D eigenvalue weighted by Crippen LogP contribution is 2.33. The Labute approximate surface area is 133 Å². The fraction of sp³-hybridized carbons (Fsp3) is 0.312. The number of ether oxygens (including phenoxy) is 1. The lowest BCUT2D eigenvalue weighted by Gasteiger charge is -2.08. The molecule has 116 valence electrons. The first-order valence-electron chi connectivity index (χ1n) is 7.03. The molecule has 2 N–H and O–H groups in total. The number of amides is 1. The minimum absolute atomic E-state index is 0.416. The van der Waals surface area contributed by atoms with E-state index < -0.39 is 5.91 Å². The zero-order valence-corrected chi connectivity index (χ0v) is 13.4. The van der Waals surface area contributed by atoms with Gasteiger partial charge in [-0.1, -0.05) is 0 Å². The summed E-state index contributed by atoms with van der Waals surface area (Å²) in [6, 6.07) is 5.16. The van der Waals surface area contributed by atoms with Crippen LogP contribution in [0.5, 0.6) is 5.75 Å². The number of carbonyl (C=O) groups excluding carboxylic acids is 2. The molecule has 2 rings (SSSR count). The van der Waals surface area contributed by atoms with E-state index in [2.05, 4.69) is 4.98 Å². The highest BCUT2D eigenvalue weighted by Gasteiger charge is 2.16. The van der Waals surface area contributed by atoms with E-state index in [1.807, 2.05) is 13.8 Å². The Morgan fingerprint density at radius 1 is 1.45 bits per heavy atom. The lowest BCUT2D eigenvalue weighted by atomic mass is 10.1. The van der Waals surface area contributed by atoms with Crippen molar-refractivity contribution in [1.82, 2.24) is 4.98 Å². The first kappa shape index (κ1) is 16.2. The van der Waals surface area contributed by atoms with Crippen molar-refractivity contribution in [1.29, 1.82) is 0 Å². The molecule has 1 aromatic carbocycles. The molecule has 1 heterocycles. The van der Waals surface area contributed by atoms with Gasteiger partial charge in [0.2, 0.25) is 5.91 Å². The molecule has 0 aliphatic heterocycles. The van der Waals surface area contributed by atoms with Crippen LogP contribution in [0.2, 0.25) is 0 Å². The standard InChI is InChI=1S/C16H18N2O3S/c1-3-21-11-6-7-12(15(17)20)13(9-11)16-18-10(2)14(22-16)5-4-8-19/h6-9H,3-5H2,1-2H3,(H2,17,20).